The van der Waals surface area contributed by atoms with Crippen LogP contribution in [0.15, 0.2) is 60.8 Å². The van der Waals surface area contributed by atoms with Crippen LogP contribution >= 0.6 is 0 Å². The summed E-state index contributed by atoms with van der Waals surface area (Å²) in [7, 11) is 0. The zero-order valence-corrected chi connectivity index (χ0v) is 37.9. The van der Waals surface area contributed by atoms with E-state index in [-0.39, 0.29) is 38.0 Å². The lowest BCUT2D eigenvalue weighted by atomic mass is 9.96. The summed E-state index contributed by atoms with van der Waals surface area (Å²) in [4.78, 5) is 109. The molecule has 8 unspecified atom stereocenters. The summed E-state index contributed by atoms with van der Waals surface area (Å²) in [6, 6.07) is 7.41. The highest BCUT2D eigenvalue weighted by Gasteiger charge is 2.35. The summed E-state index contributed by atoms with van der Waals surface area (Å²) in [6.07, 6.45) is 2.86. The van der Waals surface area contributed by atoms with Crippen molar-refractivity contribution < 1.29 is 48.6 Å². The van der Waals surface area contributed by atoms with Gasteiger partial charge in [-0.3, -0.25) is 33.6 Å². The highest BCUT2D eigenvalue weighted by Crippen LogP contribution is 2.20. The second-order valence-corrected chi connectivity index (χ2v) is 16.9. The van der Waals surface area contributed by atoms with Gasteiger partial charge in [0.25, 0.3) is 0 Å². The summed E-state index contributed by atoms with van der Waals surface area (Å²) in [5.74, 6) is -7.53. The zero-order valence-electron chi connectivity index (χ0n) is 37.9. The maximum atomic E-state index is 14.2. The normalized spacial score (nSPS) is 15.0. The lowest BCUT2D eigenvalue weighted by Gasteiger charge is -2.29. The SMILES string of the molecule is CCC(C)C(NC(=O)C(Cc1ccccc1)NC(=O)C(CCC(=O)O)NC(=O)C(N)CCCCN)C(=O)NC(C)C(=O)NC(Cc1c[nH]c2ccccc12)C(=O)NC(CC(C)C)C(=O)O. The highest BCUT2D eigenvalue weighted by molar-refractivity contribution is 5.97. The molecule has 0 radical (unpaired) electrons. The Labute approximate surface area is 379 Å². The molecule has 0 aliphatic heterocycles. The summed E-state index contributed by atoms with van der Waals surface area (Å²) >= 11 is 0. The Morgan fingerprint density at radius 3 is 1.86 bits per heavy atom. The number of aliphatic carboxylic acids is 2. The number of carbonyl (C=O) groups is 8. The first-order chi connectivity index (χ1) is 30.8. The molecule has 1 heterocycles. The number of carboxylic acid groups (broad SMARTS) is 2. The molecule has 6 amide bonds. The van der Waals surface area contributed by atoms with Gasteiger partial charge in [0, 0.05) is 36.4 Å². The molecule has 19 nitrogen and oxygen atoms in total. The smallest absolute Gasteiger partial charge is 0.326 e. The van der Waals surface area contributed by atoms with Gasteiger partial charge in [-0.05, 0) is 68.2 Å². The molecule has 0 aliphatic rings. The standard InChI is InChI=1S/C46H67N9O10/c1-6-27(4)39(55-44(62)35(23-29-14-8-7-9-15-29)53-42(60)34(19-20-38(56)57)51-41(59)32(48)17-12-13-21-47)45(63)50-28(5)40(58)52-36(43(61)54-37(46(64)65)22-26(2)3)24-30-25-49-33-18-11-10-16-31(30)33/h7-11,14-16,18,25-28,32,34-37,39,49H,6,12-13,17,19-24,47-48H2,1-5H3,(H,50,63)(H,51,59)(H,52,58)(H,53,60)(H,54,61)(H,55,62)(H,56,57)(H,64,65). The third-order valence-corrected chi connectivity index (χ3v) is 11.1. The average molecular weight is 906 g/mol. The van der Waals surface area contributed by atoms with Crippen molar-refractivity contribution in [3.63, 3.8) is 0 Å². The van der Waals surface area contributed by atoms with Crippen LogP contribution in [0.4, 0.5) is 0 Å². The Bertz CT molecular complexity index is 2080. The Kier molecular flexibility index (Phi) is 21.6. The molecule has 0 saturated carbocycles. The van der Waals surface area contributed by atoms with E-state index in [9.17, 15) is 48.6 Å². The molecule has 0 spiro atoms. The molecule has 0 aliphatic carbocycles. The van der Waals surface area contributed by atoms with Gasteiger partial charge in [0.1, 0.15) is 36.3 Å². The van der Waals surface area contributed by atoms with Gasteiger partial charge in [0.05, 0.1) is 6.04 Å². The number of nitrogens with two attached hydrogens (primary N) is 2. The number of fused-ring (bicyclic) bond motifs is 1. The zero-order chi connectivity index (χ0) is 48.2. The van der Waals surface area contributed by atoms with Crippen molar-refractivity contribution in [1.82, 2.24) is 36.9 Å². The Hall–Kier alpha value is -6.34. The number of aromatic nitrogens is 1. The highest BCUT2D eigenvalue weighted by atomic mass is 16.4. The van der Waals surface area contributed by atoms with Gasteiger partial charge in [-0.25, -0.2) is 4.79 Å². The van der Waals surface area contributed by atoms with E-state index in [4.69, 9.17) is 11.5 Å². The van der Waals surface area contributed by atoms with Crippen molar-refractivity contribution in [2.75, 3.05) is 6.54 Å². The van der Waals surface area contributed by atoms with Crippen LogP contribution in [-0.2, 0) is 51.2 Å². The van der Waals surface area contributed by atoms with Crippen molar-refractivity contribution in [3.8, 4) is 0 Å². The summed E-state index contributed by atoms with van der Waals surface area (Å²) in [6.45, 7) is 8.95. The van der Waals surface area contributed by atoms with Crippen molar-refractivity contribution in [2.24, 2.45) is 23.3 Å². The minimum absolute atomic E-state index is 0.0151. The van der Waals surface area contributed by atoms with Crippen molar-refractivity contribution in [3.05, 3.63) is 71.9 Å². The van der Waals surface area contributed by atoms with Crippen LogP contribution in [0.3, 0.4) is 0 Å². The van der Waals surface area contributed by atoms with Gasteiger partial charge in [-0.1, -0.05) is 89.1 Å². The number of unbranched alkanes of at least 4 members (excludes halogenated alkanes) is 1. The van der Waals surface area contributed by atoms with Crippen LogP contribution in [-0.4, -0.2) is 111 Å². The number of benzene rings is 2. The van der Waals surface area contributed by atoms with Crippen LogP contribution < -0.4 is 43.4 Å². The fraction of sp³-hybridized carbons (Fsp3) is 0.522. The van der Waals surface area contributed by atoms with Gasteiger partial charge in [-0.15, -0.1) is 0 Å². The summed E-state index contributed by atoms with van der Waals surface area (Å²) < 4.78 is 0. The lowest BCUT2D eigenvalue weighted by Crippen LogP contribution is -2.61. The maximum absolute atomic E-state index is 14.2. The van der Waals surface area contributed by atoms with E-state index in [1.807, 2.05) is 38.1 Å². The second-order valence-electron chi connectivity index (χ2n) is 16.9. The molecule has 2 aromatic carbocycles. The number of carbonyl (C=O) groups excluding carboxylic acids is 6. The number of para-hydroxylation sites is 1. The first-order valence-corrected chi connectivity index (χ1v) is 22.2. The fourth-order valence-corrected chi connectivity index (χ4v) is 7.10. The van der Waals surface area contributed by atoms with Gasteiger partial charge in [0.2, 0.25) is 35.4 Å². The van der Waals surface area contributed by atoms with Crippen molar-refractivity contribution >= 4 is 58.3 Å². The molecule has 3 rings (SSSR count). The number of amides is 6. The van der Waals surface area contributed by atoms with E-state index in [1.165, 1.54) is 6.92 Å². The topological polar surface area (TPSA) is 317 Å². The van der Waals surface area contributed by atoms with Crippen LogP contribution in [0.5, 0.6) is 0 Å². The number of H-pyrrole nitrogens is 1. The molecule has 65 heavy (non-hydrogen) atoms. The molecule has 8 atom stereocenters. The number of hydrogen-bond acceptors (Lipinski definition) is 10. The molecular weight excluding hydrogens is 839 g/mol. The lowest BCUT2D eigenvalue weighted by molar-refractivity contribution is -0.143. The summed E-state index contributed by atoms with van der Waals surface area (Å²) in [5.41, 5.74) is 13.7. The molecule has 0 fully saturated rings. The number of hydrogen-bond donors (Lipinski definition) is 11. The Balaban J connectivity index is 1.84. The second kappa shape index (κ2) is 26.4. The van der Waals surface area contributed by atoms with Crippen molar-refractivity contribution in [2.45, 2.75) is 135 Å². The Morgan fingerprint density at radius 1 is 0.646 bits per heavy atom. The first-order valence-electron chi connectivity index (χ1n) is 22.2. The van der Waals surface area contributed by atoms with Gasteiger partial charge < -0.3 is 58.6 Å². The van der Waals surface area contributed by atoms with E-state index in [1.54, 1.807) is 50.4 Å². The maximum Gasteiger partial charge on any atom is 0.326 e. The summed E-state index contributed by atoms with van der Waals surface area (Å²) in [5, 5.41) is 35.8. The largest absolute Gasteiger partial charge is 0.481 e. The van der Waals surface area contributed by atoms with Crippen LogP contribution in [0.1, 0.15) is 90.7 Å². The number of rotatable bonds is 28. The van der Waals surface area contributed by atoms with Gasteiger partial charge in [-0.2, -0.15) is 0 Å². The number of aromatic amines is 1. The molecule has 0 bridgehead atoms. The molecule has 1 aromatic heterocycles. The minimum atomic E-state index is -1.37. The van der Waals surface area contributed by atoms with Crippen LogP contribution in [0, 0.1) is 11.8 Å². The number of nitrogens with one attached hydrogen (secondary N) is 7. The van der Waals surface area contributed by atoms with E-state index in [0.29, 0.717) is 36.9 Å². The first kappa shape index (κ1) is 53.0. The van der Waals surface area contributed by atoms with Crippen LogP contribution in [0.2, 0.25) is 0 Å². The molecule has 19 heteroatoms. The molecular formula is C46H67N9O10. The number of carboxylic acids is 2. The Morgan fingerprint density at radius 2 is 1.23 bits per heavy atom. The monoisotopic (exact) mass is 906 g/mol. The third-order valence-electron chi connectivity index (χ3n) is 11.1. The predicted octanol–water partition coefficient (Wildman–Crippen LogP) is 1.38. The van der Waals surface area contributed by atoms with Gasteiger partial charge in [0.15, 0.2) is 0 Å². The quantitative estimate of drug-likeness (QED) is 0.0461. The predicted molar refractivity (Wildman–Crippen MR) is 244 cm³/mol. The molecule has 3 aromatic rings. The van der Waals surface area contributed by atoms with Crippen LogP contribution in [0.25, 0.3) is 10.9 Å². The van der Waals surface area contributed by atoms with E-state index in [0.717, 1.165) is 10.9 Å². The molecule has 356 valence electrons. The molecule has 13 N–H and O–H groups in total. The van der Waals surface area contributed by atoms with Crippen molar-refractivity contribution in [1.29, 1.82) is 0 Å². The average Bonchev–Trinajstić information content (AvgIpc) is 3.68. The minimum Gasteiger partial charge on any atom is -0.481 e. The van der Waals surface area contributed by atoms with E-state index >= 15 is 0 Å². The fourth-order valence-electron chi connectivity index (χ4n) is 7.10. The molecule has 0 saturated heterocycles. The van der Waals surface area contributed by atoms with E-state index < -0.39 is 102 Å². The van der Waals surface area contributed by atoms with Gasteiger partial charge >= 0.3 is 11.9 Å². The third kappa shape index (κ3) is 17.3. The van der Waals surface area contributed by atoms with E-state index in [2.05, 4.69) is 36.9 Å².